The average Bonchev–Trinajstić information content (AvgIpc) is 2.75. The van der Waals surface area contributed by atoms with Crippen molar-refractivity contribution in [3.05, 3.63) is 58.1 Å². The standard InChI is InChI=1S/C21H25Cl2N3O5S2/c1-25(32(2,28)29)17-6-3-5-16(13-17)24-21(27)15-9-11-26(12-10-15)33(30,31)14-18-19(22)7-4-8-20(18)23/h3-8,13,15H,9-12,14H2,1-2H3,(H,24,27). The highest BCUT2D eigenvalue weighted by molar-refractivity contribution is 7.92. The van der Waals surface area contributed by atoms with Crippen LogP contribution in [0.5, 0.6) is 0 Å². The van der Waals surface area contributed by atoms with Crippen molar-refractivity contribution in [3.63, 3.8) is 0 Å². The molecule has 1 heterocycles. The smallest absolute Gasteiger partial charge is 0.231 e. The Morgan fingerprint density at radius 3 is 2.21 bits per heavy atom. The van der Waals surface area contributed by atoms with Crippen molar-refractivity contribution in [2.45, 2.75) is 18.6 Å². The van der Waals surface area contributed by atoms with Gasteiger partial charge in [-0.2, -0.15) is 0 Å². The Labute approximate surface area is 204 Å². The van der Waals surface area contributed by atoms with Crippen molar-refractivity contribution in [2.24, 2.45) is 5.92 Å². The van der Waals surface area contributed by atoms with E-state index >= 15 is 0 Å². The third-order valence-corrected chi connectivity index (χ3v) is 9.30. The summed E-state index contributed by atoms with van der Waals surface area (Å²) in [6.07, 6.45) is 1.83. The summed E-state index contributed by atoms with van der Waals surface area (Å²) >= 11 is 12.2. The summed E-state index contributed by atoms with van der Waals surface area (Å²) in [5.74, 6) is -0.903. The van der Waals surface area contributed by atoms with Gasteiger partial charge in [0.15, 0.2) is 0 Å². The summed E-state index contributed by atoms with van der Waals surface area (Å²) in [4.78, 5) is 12.7. The number of benzene rings is 2. The minimum Gasteiger partial charge on any atom is -0.326 e. The number of nitrogens with one attached hydrogen (secondary N) is 1. The van der Waals surface area contributed by atoms with Gasteiger partial charge in [0.2, 0.25) is 26.0 Å². The van der Waals surface area contributed by atoms with Crippen LogP contribution in [0.3, 0.4) is 0 Å². The van der Waals surface area contributed by atoms with Crippen molar-refractivity contribution >= 4 is 60.5 Å². The lowest BCUT2D eigenvalue weighted by molar-refractivity contribution is -0.120. The Morgan fingerprint density at radius 1 is 1.06 bits per heavy atom. The Balaban J connectivity index is 1.61. The molecule has 1 amide bonds. The largest absolute Gasteiger partial charge is 0.326 e. The molecule has 2 aromatic carbocycles. The van der Waals surface area contributed by atoms with Crippen LogP contribution in [0.25, 0.3) is 0 Å². The topological polar surface area (TPSA) is 104 Å². The number of carbonyl (C=O) groups excluding carboxylic acids is 1. The fraction of sp³-hybridized carbons (Fsp3) is 0.381. The zero-order chi connectivity index (χ0) is 24.4. The van der Waals surface area contributed by atoms with E-state index < -0.39 is 20.0 Å². The van der Waals surface area contributed by atoms with Gasteiger partial charge in [0.05, 0.1) is 17.7 Å². The molecule has 2 aromatic rings. The summed E-state index contributed by atoms with van der Waals surface area (Å²) in [5, 5.41) is 3.39. The van der Waals surface area contributed by atoms with Crippen LogP contribution in [0.4, 0.5) is 11.4 Å². The molecule has 0 spiro atoms. The first kappa shape index (κ1) is 25.8. The average molecular weight is 534 g/mol. The van der Waals surface area contributed by atoms with E-state index in [0.717, 1.165) is 10.6 Å². The molecule has 33 heavy (non-hydrogen) atoms. The van der Waals surface area contributed by atoms with Crippen molar-refractivity contribution in [1.82, 2.24) is 4.31 Å². The molecule has 0 aromatic heterocycles. The van der Waals surface area contributed by atoms with Crippen molar-refractivity contribution in [1.29, 1.82) is 0 Å². The zero-order valence-corrected chi connectivity index (χ0v) is 21.3. The molecule has 180 valence electrons. The second-order valence-corrected chi connectivity index (χ2v) is 12.7. The van der Waals surface area contributed by atoms with Gasteiger partial charge in [-0.1, -0.05) is 35.3 Å². The molecule has 12 heteroatoms. The highest BCUT2D eigenvalue weighted by Crippen LogP contribution is 2.29. The van der Waals surface area contributed by atoms with E-state index in [1.807, 2.05) is 0 Å². The third-order valence-electron chi connectivity index (χ3n) is 5.58. The van der Waals surface area contributed by atoms with Gasteiger partial charge in [-0.25, -0.2) is 21.1 Å². The van der Waals surface area contributed by atoms with Crippen LogP contribution in [0.15, 0.2) is 42.5 Å². The van der Waals surface area contributed by atoms with Crippen LogP contribution in [0.1, 0.15) is 18.4 Å². The van der Waals surface area contributed by atoms with E-state index in [1.54, 1.807) is 42.5 Å². The third kappa shape index (κ3) is 6.39. The number of hydrogen-bond acceptors (Lipinski definition) is 5. The van der Waals surface area contributed by atoms with E-state index in [1.165, 1.54) is 11.4 Å². The summed E-state index contributed by atoms with van der Waals surface area (Å²) in [5.41, 5.74) is 1.26. The number of sulfonamides is 2. The maximum absolute atomic E-state index is 12.9. The summed E-state index contributed by atoms with van der Waals surface area (Å²) < 4.78 is 51.7. The number of halogens is 2. The lowest BCUT2D eigenvalue weighted by Gasteiger charge is -2.30. The summed E-state index contributed by atoms with van der Waals surface area (Å²) in [7, 11) is -5.64. The molecule has 1 aliphatic rings. The maximum atomic E-state index is 12.9. The predicted octanol–water partition coefficient (Wildman–Crippen LogP) is 3.57. The Hall–Kier alpha value is -1.85. The molecule has 0 radical (unpaired) electrons. The van der Waals surface area contributed by atoms with Crippen LogP contribution in [0, 0.1) is 5.92 Å². The van der Waals surface area contributed by atoms with Crippen LogP contribution in [-0.4, -0.2) is 53.4 Å². The van der Waals surface area contributed by atoms with Crippen LogP contribution < -0.4 is 9.62 Å². The molecule has 0 saturated carbocycles. The fourth-order valence-electron chi connectivity index (χ4n) is 3.56. The quantitative estimate of drug-likeness (QED) is 0.585. The number of hydrogen-bond donors (Lipinski definition) is 1. The zero-order valence-electron chi connectivity index (χ0n) is 18.2. The normalized spacial score (nSPS) is 15.9. The second kappa shape index (κ2) is 10.2. The molecule has 1 saturated heterocycles. The van der Waals surface area contributed by atoms with Crippen molar-refractivity contribution in [2.75, 3.05) is 36.0 Å². The lowest BCUT2D eigenvalue weighted by atomic mass is 9.97. The van der Waals surface area contributed by atoms with E-state index in [2.05, 4.69) is 5.32 Å². The molecule has 0 unspecified atom stereocenters. The minimum atomic E-state index is -3.65. The van der Waals surface area contributed by atoms with Gasteiger partial charge >= 0.3 is 0 Å². The number of rotatable bonds is 7. The van der Waals surface area contributed by atoms with Gasteiger partial charge in [0.1, 0.15) is 0 Å². The highest BCUT2D eigenvalue weighted by Gasteiger charge is 2.32. The number of nitrogens with zero attached hydrogens (tertiary/aromatic N) is 2. The minimum absolute atomic E-state index is 0.208. The first-order valence-electron chi connectivity index (χ1n) is 10.1. The SMILES string of the molecule is CN(c1cccc(NC(=O)C2CCN(S(=O)(=O)Cc3c(Cl)cccc3Cl)CC2)c1)S(C)(=O)=O. The molecule has 8 nitrogen and oxygen atoms in total. The van der Waals surface area contributed by atoms with Gasteiger partial charge in [0.25, 0.3) is 0 Å². The Morgan fingerprint density at radius 2 is 1.64 bits per heavy atom. The Kier molecular flexibility index (Phi) is 7.95. The molecule has 1 N–H and O–H groups in total. The Bertz CT molecular complexity index is 1220. The monoisotopic (exact) mass is 533 g/mol. The first-order valence-corrected chi connectivity index (χ1v) is 14.4. The second-order valence-electron chi connectivity index (χ2n) is 7.90. The van der Waals surface area contributed by atoms with Crippen LogP contribution in [-0.2, 0) is 30.6 Å². The molecule has 0 atom stereocenters. The number of anilines is 2. The molecule has 1 fully saturated rings. The summed E-state index contributed by atoms with van der Waals surface area (Å²) in [6, 6.07) is 11.4. The van der Waals surface area contributed by atoms with Gasteiger partial charge in [-0.05, 0) is 43.2 Å². The first-order chi connectivity index (χ1) is 15.4. The number of amides is 1. The molecular formula is C21H25Cl2N3O5S2. The van der Waals surface area contributed by atoms with Gasteiger partial charge in [-0.15, -0.1) is 0 Å². The van der Waals surface area contributed by atoms with Crippen molar-refractivity contribution < 1.29 is 21.6 Å². The van der Waals surface area contributed by atoms with E-state index in [-0.39, 0.29) is 30.7 Å². The molecule has 3 rings (SSSR count). The molecule has 1 aliphatic heterocycles. The van der Waals surface area contributed by atoms with E-state index in [0.29, 0.717) is 39.8 Å². The molecular weight excluding hydrogens is 509 g/mol. The van der Waals surface area contributed by atoms with Crippen LogP contribution >= 0.6 is 23.2 Å². The highest BCUT2D eigenvalue weighted by atomic mass is 35.5. The van der Waals surface area contributed by atoms with E-state index in [9.17, 15) is 21.6 Å². The van der Waals surface area contributed by atoms with Gasteiger partial charge in [0, 0.05) is 47.4 Å². The molecule has 0 aliphatic carbocycles. The summed E-state index contributed by atoms with van der Waals surface area (Å²) in [6.45, 7) is 0.415. The van der Waals surface area contributed by atoms with E-state index in [4.69, 9.17) is 23.2 Å². The predicted molar refractivity (Wildman–Crippen MR) is 132 cm³/mol. The van der Waals surface area contributed by atoms with Crippen LogP contribution in [0.2, 0.25) is 10.0 Å². The molecule has 0 bridgehead atoms. The number of carbonyl (C=O) groups is 1. The number of piperidine rings is 1. The van der Waals surface area contributed by atoms with Crippen molar-refractivity contribution in [3.8, 4) is 0 Å². The fourth-order valence-corrected chi connectivity index (χ4v) is 6.37. The maximum Gasteiger partial charge on any atom is 0.231 e. The van der Waals surface area contributed by atoms with Gasteiger partial charge < -0.3 is 5.32 Å². The lowest BCUT2D eigenvalue weighted by Crippen LogP contribution is -2.42. The van der Waals surface area contributed by atoms with Gasteiger partial charge in [-0.3, -0.25) is 9.10 Å².